The lowest BCUT2D eigenvalue weighted by molar-refractivity contribution is -0.119. The molecule has 0 saturated carbocycles. The van der Waals surface area contributed by atoms with Gasteiger partial charge in [0.2, 0.25) is 0 Å². The van der Waals surface area contributed by atoms with Gasteiger partial charge in [-0.3, -0.25) is 4.79 Å². The van der Waals surface area contributed by atoms with Crippen LogP contribution in [0.1, 0.15) is 26.1 Å². The van der Waals surface area contributed by atoms with E-state index in [0.29, 0.717) is 11.3 Å². The van der Waals surface area contributed by atoms with E-state index >= 15 is 0 Å². The number of aryl methyl sites for hydroxylation is 2. The number of ether oxygens (including phenoxy) is 1. The summed E-state index contributed by atoms with van der Waals surface area (Å²) in [5.74, 6) is -0.165. The van der Waals surface area contributed by atoms with Crippen LogP contribution in [0.4, 0.5) is 5.69 Å². The van der Waals surface area contributed by atoms with E-state index in [1.165, 1.54) is 0 Å². The molecule has 1 amide bonds. The van der Waals surface area contributed by atoms with Crippen LogP contribution in [-0.4, -0.2) is 28.5 Å². The molecule has 168 valence electrons. The molecular formula is C24H21N3O3S3. The second-order valence-electron chi connectivity index (χ2n) is 7.13. The van der Waals surface area contributed by atoms with Crippen molar-refractivity contribution in [2.45, 2.75) is 24.5 Å². The molecule has 0 fully saturated rings. The van der Waals surface area contributed by atoms with Crippen molar-refractivity contribution in [1.82, 2.24) is 9.97 Å². The third-order valence-corrected chi connectivity index (χ3v) is 7.18. The van der Waals surface area contributed by atoms with Crippen LogP contribution in [-0.2, 0) is 15.3 Å². The average Bonchev–Trinajstić information content (AvgIpc) is 3.44. The molecule has 0 atom stereocenters. The minimum atomic E-state index is -0.538. The molecule has 1 N–H and O–H groups in total. The van der Waals surface area contributed by atoms with Crippen LogP contribution in [0.2, 0.25) is 0 Å². The number of benzene rings is 2. The highest BCUT2D eigenvalue weighted by atomic mass is 32.2. The maximum absolute atomic E-state index is 12.3. The number of thioether (sulfide) groups is 1. The molecule has 0 radical (unpaired) electrons. The quantitative estimate of drug-likeness (QED) is 0.240. The number of hydrogen-bond acceptors (Lipinski definition) is 8. The summed E-state index contributed by atoms with van der Waals surface area (Å²) in [4.78, 5) is 34.5. The number of anilines is 1. The fourth-order valence-electron chi connectivity index (χ4n) is 2.98. The van der Waals surface area contributed by atoms with Gasteiger partial charge in [0, 0.05) is 32.7 Å². The lowest BCUT2D eigenvalue weighted by Crippen LogP contribution is -2.20. The average molecular weight is 496 g/mol. The largest absolute Gasteiger partial charge is 0.452 e. The number of aromatic nitrogens is 2. The van der Waals surface area contributed by atoms with E-state index in [0.717, 1.165) is 37.6 Å². The molecule has 2 aromatic carbocycles. The molecule has 4 rings (SSSR count). The summed E-state index contributed by atoms with van der Waals surface area (Å²) in [5.41, 5.74) is 3.85. The lowest BCUT2D eigenvalue weighted by Gasteiger charge is -2.08. The van der Waals surface area contributed by atoms with E-state index in [-0.39, 0.29) is 6.61 Å². The Morgan fingerprint density at radius 3 is 2.45 bits per heavy atom. The first-order valence-electron chi connectivity index (χ1n) is 10.1. The van der Waals surface area contributed by atoms with Crippen molar-refractivity contribution in [3.8, 4) is 11.3 Å². The predicted octanol–water partition coefficient (Wildman–Crippen LogP) is 5.97. The molecule has 0 aliphatic carbocycles. The summed E-state index contributed by atoms with van der Waals surface area (Å²) < 4.78 is 5.18. The molecule has 6 nitrogen and oxygen atoms in total. The van der Waals surface area contributed by atoms with E-state index < -0.39 is 11.9 Å². The molecule has 2 heterocycles. The van der Waals surface area contributed by atoms with Gasteiger partial charge in [-0.15, -0.1) is 34.4 Å². The fraction of sp³-hybridized carbons (Fsp3) is 0.167. The van der Waals surface area contributed by atoms with Crippen molar-refractivity contribution in [1.29, 1.82) is 0 Å². The Morgan fingerprint density at radius 2 is 1.76 bits per heavy atom. The molecule has 0 bridgehead atoms. The molecule has 9 heteroatoms. The van der Waals surface area contributed by atoms with E-state index in [1.807, 2.05) is 49.6 Å². The smallest absolute Gasteiger partial charge is 0.338 e. The van der Waals surface area contributed by atoms with Crippen LogP contribution in [0.25, 0.3) is 11.3 Å². The Morgan fingerprint density at radius 1 is 1.00 bits per heavy atom. The van der Waals surface area contributed by atoms with Crippen molar-refractivity contribution in [2.75, 3.05) is 11.9 Å². The van der Waals surface area contributed by atoms with Gasteiger partial charge in [0.1, 0.15) is 0 Å². The van der Waals surface area contributed by atoms with Crippen molar-refractivity contribution < 1.29 is 14.3 Å². The Hall–Kier alpha value is -3.01. The monoisotopic (exact) mass is 495 g/mol. The number of nitrogens with one attached hydrogen (secondary N) is 1. The van der Waals surface area contributed by atoms with Crippen LogP contribution >= 0.6 is 34.4 Å². The highest BCUT2D eigenvalue weighted by Crippen LogP contribution is 2.25. The maximum atomic E-state index is 12.3. The number of hydrogen-bond donors (Lipinski definition) is 1. The highest BCUT2D eigenvalue weighted by Gasteiger charge is 2.12. The van der Waals surface area contributed by atoms with E-state index in [4.69, 9.17) is 4.74 Å². The van der Waals surface area contributed by atoms with Gasteiger partial charge >= 0.3 is 5.97 Å². The molecule has 0 unspecified atom stereocenters. The summed E-state index contributed by atoms with van der Waals surface area (Å²) in [7, 11) is 0. The Bertz CT molecular complexity index is 1270. The molecule has 2 aromatic heterocycles. The van der Waals surface area contributed by atoms with Gasteiger partial charge < -0.3 is 10.1 Å². The first-order valence-corrected chi connectivity index (χ1v) is 12.8. The number of esters is 1. The van der Waals surface area contributed by atoms with Gasteiger partial charge in [-0.1, -0.05) is 12.1 Å². The Balaban J connectivity index is 1.26. The van der Waals surface area contributed by atoms with Gasteiger partial charge in [-0.05, 0) is 50.2 Å². The molecule has 0 aliphatic rings. The van der Waals surface area contributed by atoms with Crippen LogP contribution < -0.4 is 5.32 Å². The number of carbonyl (C=O) groups is 2. The van der Waals surface area contributed by atoms with Crippen molar-refractivity contribution >= 4 is 52.0 Å². The molecule has 33 heavy (non-hydrogen) atoms. The zero-order valence-electron chi connectivity index (χ0n) is 18.0. The van der Waals surface area contributed by atoms with Gasteiger partial charge in [0.15, 0.2) is 6.61 Å². The molecule has 0 saturated heterocycles. The number of amides is 1. The summed E-state index contributed by atoms with van der Waals surface area (Å²) in [6.07, 6.45) is 0. The topological polar surface area (TPSA) is 81.2 Å². The maximum Gasteiger partial charge on any atom is 0.338 e. The zero-order chi connectivity index (χ0) is 23.2. The third-order valence-electron chi connectivity index (χ3n) is 4.54. The first-order chi connectivity index (χ1) is 16.0. The molecule has 0 spiro atoms. The van der Waals surface area contributed by atoms with Crippen molar-refractivity contribution in [3.63, 3.8) is 0 Å². The summed E-state index contributed by atoms with van der Waals surface area (Å²) >= 11 is 4.86. The van der Waals surface area contributed by atoms with Gasteiger partial charge in [-0.25, -0.2) is 14.8 Å². The number of carbonyl (C=O) groups excluding carboxylic acids is 2. The number of nitrogens with zero attached hydrogens (tertiary/aromatic N) is 2. The highest BCUT2D eigenvalue weighted by molar-refractivity contribution is 7.98. The Kier molecular flexibility index (Phi) is 7.54. The van der Waals surface area contributed by atoms with Crippen molar-refractivity contribution in [3.05, 3.63) is 80.6 Å². The summed E-state index contributed by atoms with van der Waals surface area (Å²) in [6.45, 7) is 3.57. The van der Waals surface area contributed by atoms with E-state index in [9.17, 15) is 9.59 Å². The molecule has 4 aromatic rings. The summed E-state index contributed by atoms with van der Waals surface area (Å²) in [6, 6.07) is 14.6. The lowest BCUT2D eigenvalue weighted by atomic mass is 10.1. The van der Waals surface area contributed by atoms with Crippen LogP contribution in [0.5, 0.6) is 0 Å². The predicted molar refractivity (Wildman–Crippen MR) is 134 cm³/mol. The van der Waals surface area contributed by atoms with E-state index in [2.05, 4.69) is 20.7 Å². The Labute approximate surface area is 204 Å². The fourth-order valence-corrected chi connectivity index (χ4v) is 5.11. The molecular weight excluding hydrogens is 474 g/mol. The second kappa shape index (κ2) is 10.7. The summed E-state index contributed by atoms with van der Waals surface area (Å²) in [5, 5.41) is 8.81. The van der Waals surface area contributed by atoms with Crippen molar-refractivity contribution in [2.24, 2.45) is 0 Å². The zero-order valence-corrected chi connectivity index (χ0v) is 20.5. The van der Waals surface area contributed by atoms with Gasteiger partial charge in [0.05, 0.1) is 27.0 Å². The van der Waals surface area contributed by atoms with Gasteiger partial charge in [0.25, 0.3) is 5.91 Å². The minimum Gasteiger partial charge on any atom is -0.452 e. The molecule has 0 aliphatic heterocycles. The first kappa shape index (κ1) is 23.2. The van der Waals surface area contributed by atoms with E-state index in [1.54, 1.807) is 52.6 Å². The number of rotatable bonds is 8. The van der Waals surface area contributed by atoms with Crippen LogP contribution in [0, 0.1) is 13.8 Å². The second-order valence-corrected chi connectivity index (χ2v) is 10.3. The number of thiazole rings is 2. The SMILES string of the molecule is Cc1nc(CSc2ccc(C(=O)OCC(=O)Nc3cccc(-c4csc(C)n4)c3)cc2)cs1. The normalized spacial score (nSPS) is 10.7. The minimum absolute atomic E-state index is 0.363. The van der Waals surface area contributed by atoms with Crippen LogP contribution in [0.15, 0.2) is 64.2 Å². The third kappa shape index (κ3) is 6.50. The van der Waals surface area contributed by atoms with Crippen LogP contribution in [0.3, 0.4) is 0 Å². The standard InChI is InChI=1S/C24H21N3O3S3/c1-15-25-20(12-31-15)13-33-21-8-6-17(7-9-21)24(29)30-11-23(28)27-19-5-3-4-18(10-19)22-14-32-16(2)26-22/h3-10,12,14H,11,13H2,1-2H3,(H,27,28). The van der Waals surface area contributed by atoms with Gasteiger partial charge in [-0.2, -0.15) is 0 Å².